The van der Waals surface area contributed by atoms with Crippen LogP contribution in [0.15, 0.2) is 36.4 Å². The Kier molecular flexibility index (Phi) is 2.41. The molecule has 1 aromatic heterocycles. The van der Waals surface area contributed by atoms with Crippen LogP contribution in [-0.2, 0) is 0 Å². The minimum absolute atomic E-state index is 0.140. The van der Waals surface area contributed by atoms with Crippen molar-refractivity contribution in [2.75, 3.05) is 0 Å². The molecule has 0 amide bonds. The van der Waals surface area contributed by atoms with Crippen molar-refractivity contribution in [3.05, 3.63) is 42.2 Å². The molecule has 2 aromatic carbocycles. The number of benzene rings is 2. The topological polar surface area (TPSA) is 53.4 Å². The first-order chi connectivity index (χ1) is 8.63. The molecule has 0 saturated heterocycles. The number of rotatable bonds is 1. The van der Waals surface area contributed by atoms with E-state index in [9.17, 15) is 14.6 Å². The Hall–Kier alpha value is -2.14. The maximum atomic E-state index is 12.9. The summed E-state index contributed by atoms with van der Waals surface area (Å²) in [6.07, 6.45) is 0. The van der Waals surface area contributed by atoms with Crippen LogP contribution < -0.4 is 0 Å². The summed E-state index contributed by atoms with van der Waals surface area (Å²) in [7, 11) is 0. The molecule has 0 bridgehead atoms. The SMILES string of the molecule is Oc1ccc2nc(-c3ccc(F)cc3O)sc2c1. The predicted molar refractivity (Wildman–Crippen MR) is 68.3 cm³/mol. The molecule has 0 unspecified atom stereocenters. The number of aromatic nitrogens is 1. The Balaban J connectivity index is 2.19. The van der Waals surface area contributed by atoms with Gasteiger partial charge in [-0.2, -0.15) is 0 Å². The second-order valence-corrected chi connectivity index (χ2v) is 4.86. The van der Waals surface area contributed by atoms with Gasteiger partial charge in [-0.3, -0.25) is 0 Å². The maximum Gasteiger partial charge on any atom is 0.128 e. The molecule has 0 aliphatic heterocycles. The molecule has 0 saturated carbocycles. The van der Waals surface area contributed by atoms with E-state index in [1.807, 2.05) is 0 Å². The Bertz CT molecular complexity index is 739. The summed E-state index contributed by atoms with van der Waals surface area (Å²) in [6, 6.07) is 8.68. The van der Waals surface area contributed by atoms with Gasteiger partial charge in [-0.1, -0.05) is 0 Å². The third-order valence-corrected chi connectivity index (χ3v) is 3.61. The third kappa shape index (κ3) is 1.78. The van der Waals surface area contributed by atoms with E-state index >= 15 is 0 Å². The van der Waals surface area contributed by atoms with Gasteiger partial charge in [0.2, 0.25) is 0 Å². The van der Waals surface area contributed by atoms with Crippen LogP contribution in [0.3, 0.4) is 0 Å². The fourth-order valence-corrected chi connectivity index (χ4v) is 2.75. The van der Waals surface area contributed by atoms with Crippen LogP contribution in [0.5, 0.6) is 11.5 Å². The summed E-state index contributed by atoms with van der Waals surface area (Å²) in [5, 5.41) is 19.7. The second-order valence-electron chi connectivity index (χ2n) is 3.83. The van der Waals surface area contributed by atoms with Crippen LogP contribution in [-0.4, -0.2) is 15.2 Å². The molecule has 3 aromatic rings. The highest BCUT2D eigenvalue weighted by molar-refractivity contribution is 7.21. The summed E-state index contributed by atoms with van der Waals surface area (Å²) in [5.41, 5.74) is 1.22. The zero-order valence-corrected chi connectivity index (χ0v) is 9.91. The molecule has 90 valence electrons. The highest BCUT2D eigenvalue weighted by Crippen LogP contribution is 2.36. The van der Waals surface area contributed by atoms with Crippen LogP contribution >= 0.6 is 11.3 Å². The van der Waals surface area contributed by atoms with Crippen molar-refractivity contribution in [3.63, 3.8) is 0 Å². The minimum atomic E-state index is -0.491. The molecular weight excluding hydrogens is 253 g/mol. The van der Waals surface area contributed by atoms with E-state index in [4.69, 9.17) is 0 Å². The smallest absolute Gasteiger partial charge is 0.128 e. The molecule has 0 aliphatic carbocycles. The maximum absolute atomic E-state index is 12.9. The molecule has 3 nitrogen and oxygen atoms in total. The third-order valence-electron chi connectivity index (χ3n) is 2.56. The van der Waals surface area contributed by atoms with Gasteiger partial charge in [0.15, 0.2) is 0 Å². The van der Waals surface area contributed by atoms with Gasteiger partial charge in [-0.05, 0) is 30.3 Å². The van der Waals surface area contributed by atoms with E-state index in [2.05, 4.69) is 4.98 Å². The van der Waals surface area contributed by atoms with Gasteiger partial charge in [0.05, 0.1) is 15.8 Å². The molecule has 0 fully saturated rings. The predicted octanol–water partition coefficient (Wildman–Crippen LogP) is 3.51. The van der Waals surface area contributed by atoms with E-state index in [0.29, 0.717) is 10.6 Å². The molecule has 1 heterocycles. The van der Waals surface area contributed by atoms with Crippen molar-refractivity contribution < 1.29 is 14.6 Å². The molecule has 0 atom stereocenters. The van der Waals surface area contributed by atoms with Gasteiger partial charge in [-0.25, -0.2) is 9.37 Å². The van der Waals surface area contributed by atoms with E-state index in [-0.39, 0.29) is 11.5 Å². The first kappa shape index (κ1) is 11.0. The second kappa shape index (κ2) is 3.96. The van der Waals surface area contributed by atoms with E-state index in [0.717, 1.165) is 16.3 Å². The lowest BCUT2D eigenvalue weighted by Gasteiger charge is -1.99. The Labute approximate surface area is 106 Å². The minimum Gasteiger partial charge on any atom is -0.508 e. The zero-order chi connectivity index (χ0) is 12.7. The Morgan fingerprint density at radius 3 is 2.67 bits per heavy atom. The Morgan fingerprint density at radius 1 is 1.06 bits per heavy atom. The number of nitrogens with zero attached hydrogens (tertiary/aromatic N) is 1. The lowest BCUT2D eigenvalue weighted by molar-refractivity contribution is 0.471. The highest BCUT2D eigenvalue weighted by atomic mass is 32.1. The molecule has 3 rings (SSSR count). The average Bonchev–Trinajstić information content (AvgIpc) is 2.71. The van der Waals surface area contributed by atoms with Crippen LogP contribution in [0.1, 0.15) is 0 Å². The standard InChI is InChI=1S/C13H8FNO2S/c14-7-1-3-9(11(17)5-7)13-15-10-4-2-8(16)6-12(10)18-13/h1-6,16-17H. The van der Waals surface area contributed by atoms with Crippen molar-refractivity contribution in [1.29, 1.82) is 0 Å². The van der Waals surface area contributed by atoms with Crippen LogP contribution in [0, 0.1) is 5.82 Å². The summed E-state index contributed by atoms with van der Waals surface area (Å²) in [4.78, 5) is 4.34. The summed E-state index contributed by atoms with van der Waals surface area (Å²) in [5.74, 6) is -0.464. The highest BCUT2D eigenvalue weighted by Gasteiger charge is 2.11. The van der Waals surface area contributed by atoms with Gasteiger partial charge in [0.25, 0.3) is 0 Å². The van der Waals surface area contributed by atoms with Crippen LogP contribution in [0.4, 0.5) is 4.39 Å². The van der Waals surface area contributed by atoms with E-state index in [1.54, 1.807) is 18.2 Å². The van der Waals surface area contributed by atoms with Crippen LogP contribution in [0.25, 0.3) is 20.8 Å². The quantitative estimate of drug-likeness (QED) is 0.704. The van der Waals surface area contributed by atoms with Crippen molar-refractivity contribution in [3.8, 4) is 22.1 Å². The van der Waals surface area contributed by atoms with Crippen molar-refractivity contribution in [2.24, 2.45) is 0 Å². The molecule has 5 heteroatoms. The monoisotopic (exact) mass is 261 g/mol. The molecular formula is C13H8FNO2S. The average molecular weight is 261 g/mol. The fourth-order valence-electron chi connectivity index (χ4n) is 1.71. The van der Waals surface area contributed by atoms with Crippen LogP contribution in [0.2, 0.25) is 0 Å². The summed E-state index contributed by atoms with van der Waals surface area (Å²) in [6.45, 7) is 0. The molecule has 0 spiro atoms. The number of fused-ring (bicyclic) bond motifs is 1. The van der Waals surface area contributed by atoms with E-state index < -0.39 is 5.82 Å². The number of phenolic OH excluding ortho intramolecular Hbond substituents is 2. The fraction of sp³-hybridized carbons (Fsp3) is 0. The van der Waals surface area contributed by atoms with E-state index in [1.165, 1.54) is 23.5 Å². The molecule has 18 heavy (non-hydrogen) atoms. The number of phenols is 2. The number of hydrogen-bond donors (Lipinski definition) is 2. The first-order valence-corrected chi connectivity index (χ1v) is 6.03. The number of aromatic hydroxyl groups is 2. The van der Waals surface area contributed by atoms with Gasteiger partial charge in [0, 0.05) is 6.07 Å². The zero-order valence-electron chi connectivity index (χ0n) is 9.09. The van der Waals surface area contributed by atoms with Crippen molar-refractivity contribution in [2.45, 2.75) is 0 Å². The van der Waals surface area contributed by atoms with Crippen molar-refractivity contribution >= 4 is 21.6 Å². The molecule has 2 N–H and O–H groups in total. The lowest BCUT2D eigenvalue weighted by atomic mass is 10.2. The largest absolute Gasteiger partial charge is 0.508 e. The van der Waals surface area contributed by atoms with Gasteiger partial charge >= 0.3 is 0 Å². The summed E-state index contributed by atoms with van der Waals surface area (Å²) >= 11 is 1.33. The molecule has 0 radical (unpaired) electrons. The number of hydrogen-bond acceptors (Lipinski definition) is 4. The normalized spacial score (nSPS) is 10.9. The molecule has 0 aliphatic rings. The number of thiazole rings is 1. The Morgan fingerprint density at radius 2 is 1.89 bits per heavy atom. The number of halogens is 1. The van der Waals surface area contributed by atoms with Gasteiger partial charge in [0.1, 0.15) is 22.3 Å². The summed E-state index contributed by atoms with van der Waals surface area (Å²) < 4.78 is 13.7. The van der Waals surface area contributed by atoms with Crippen molar-refractivity contribution in [1.82, 2.24) is 4.98 Å². The van der Waals surface area contributed by atoms with Gasteiger partial charge in [-0.15, -0.1) is 11.3 Å². The first-order valence-electron chi connectivity index (χ1n) is 5.22. The van der Waals surface area contributed by atoms with Gasteiger partial charge < -0.3 is 10.2 Å². The lowest BCUT2D eigenvalue weighted by Crippen LogP contribution is -1.79.